The molecule has 0 atom stereocenters. The summed E-state index contributed by atoms with van der Waals surface area (Å²) in [5.41, 5.74) is 11.9. The standard InChI is InChI=1S/C52H35N3O2/c1-52(2)42-20-12-11-19-41(42)47-43(52)28-30-45-48(47)57-44-29-25-36(31-46(44)56-45)32-21-23-35(24-22-32)50-53-49(34-15-7-4-8-16-34)54-51(55-50)40-27-26-37(33-13-5-3-6-14-33)38-17-9-10-18-39(38)40/h3-31H,1-2H3. The predicted molar refractivity (Wildman–Crippen MR) is 229 cm³/mol. The van der Waals surface area contributed by atoms with Gasteiger partial charge in [0.05, 0.1) is 0 Å². The Morgan fingerprint density at radius 1 is 0.368 bits per heavy atom. The van der Waals surface area contributed by atoms with Gasteiger partial charge in [-0.25, -0.2) is 15.0 Å². The van der Waals surface area contributed by atoms with Gasteiger partial charge in [-0.3, -0.25) is 0 Å². The van der Waals surface area contributed by atoms with E-state index in [1.54, 1.807) is 0 Å². The first-order valence-corrected chi connectivity index (χ1v) is 19.3. The van der Waals surface area contributed by atoms with E-state index in [1.807, 2.05) is 48.5 Å². The Hall–Kier alpha value is -7.37. The first-order valence-electron chi connectivity index (χ1n) is 19.3. The van der Waals surface area contributed by atoms with Gasteiger partial charge in [0.25, 0.3) is 0 Å². The van der Waals surface area contributed by atoms with Crippen molar-refractivity contribution in [2.75, 3.05) is 0 Å². The summed E-state index contributed by atoms with van der Waals surface area (Å²) in [6, 6.07) is 60.7. The van der Waals surface area contributed by atoms with Crippen molar-refractivity contribution in [3.05, 3.63) is 187 Å². The minimum Gasteiger partial charge on any atom is -0.449 e. The summed E-state index contributed by atoms with van der Waals surface area (Å²) in [7, 11) is 0. The van der Waals surface area contributed by atoms with Gasteiger partial charge in [-0.15, -0.1) is 0 Å². The van der Waals surface area contributed by atoms with Gasteiger partial charge in [-0.2, -0.15) is 0 Å². The Morgan fingerprint density at radius 2 is 0.930 bits per heavy atom. The molecule has 1 aromatic heterocycles. The van der Waals surface area contributed by atoms with Crippen molar-refractivity contribution in [3.63, 3.8) is 0 Å². The van der Waals surface area contributed by atoms with Gasteiger partial charge in [0.1, 0.15) is 0 Å². The molecule has 5 nitrogen and oxygen atoms in total. The van der Waals surface area contributed by atoms with Gasteiger partial charge in [0.2, 0.25) is 0 Å². The molecule has 270 valence electrons. The number of ether oxygens (including phenoxy) is 2. The van der Waals surface area contributed by atoms with E-state index in [2.05, 4.69) is 141 Å². The van der Waals surface area contributed by atoms with Crippen LogP contribution in [0.1, 0.15) is 25.0 Å². The molecule has 0 radical (unpaired) electrons. The highest BCUT2D eigenvalue weighted by molar-refractivity contribution is 6.04. The lowest BCUT2D eigenvalue weighted by Crippen LogP contribution is -2.15. The Bertz CT molecular complexity index is 3030. The lowest BCUT2D eigenvalue weighted by atomic mass is 9.82. The first kappa shape index (κ1) is 33.0. The quantitative estimate of drug-likeness (QED) is 0.176. The number of nitrogens with zero attached hydrogens (tertiary/aromatic N) is 3. The van der Waals surface area contributed by atoms with E-state index in [-0.39, 0.29) is 5.41 Å². The van der Waals surface area contributed by atoms with E-state index >= 15 is 0 Å². The number of benzene rings is 8. The number of hydrogen-bond acceptors (Lipinski definition) is 5. The second kappa shape index (κ2) is 12.9. The van der Waals surface area contributed by atoms with Gasteiger partial charge in [0.15, 0.2) is 40.5 Å². The van der Waals surface area contributed by atoms with Gasteiger partial charge in [-0.1, -0.05) is 166 Å². The fourth-order valence-electron chi connectivity index (χ4n) is 8.52. The van der Waals surface area contributed by atoms with Crippen molar-refractivity contribution in [1.82, 2.24) is 15.0 Å². The maximum absolute atomic E-state index is 6.64. The third kappa shape index (κ3) is 5.42. The second-order valence-electron chi connectivity index (χ2n) is 15.2. The van der Waals surface area contributed by atoms with Gasteiger partial charge in [0, 0.05) is 27.7 Å². The number of aromatic nitrogens is 3. The van der Waals surface area contributed by atoms with E-state index < -0.39 is 0 Å². The van der Waals surface area contributed by atoms with E-state index in [1.165, 1.54) is 27.8 Å². The monoisotopic (exact) mass is 733 g/mol. The highest BCUT2D eigenvalue weighted by atomic mass is 16.6. The summed E-state index contributed by atoms with van der Waals surface area (Å²) in [5, 5.41) is 2.24. The maximum Gasteiger partial charge on any atom is 0.178 e. The molecule has 9 aromatic rings. The van der Waals surface area contributed by atoms with Crippen molar-refractivity contribution >= 4 is 10.8 Å². The molecule has 2 heterocycles. The third-order valence-corrected chi connectivity index (χ3v) is 11.4. The second-order valence-corrected chi connectivity index (χ2v) is 15.2. The first-order chi connectivity index (χ1) is 28.0. The van der Waals surface area contributed by atoms with Crippen molar-refractivity contribution in [2.24, 2.45) is 0 Å². The zero-order valence-corrected chi connectivity index (χ0v) is 31.4. The van der Waals surface area contributed by atoms with Crippen LogP contribution in [-0.4, -0.2) is 15.0 Å². The van der Waals surface area contributed by atoms with E-state index in [9.17, 15) is 0 Å². The molecule has 8 aromatic carbocycles. The van der Waals surface area contributed by atoms with Crippen LogP contribution in [0.3, 0.4) is 0 Å². The summed E-state index contributed by atoms with van der Waals surface area (Å²) in [6.45, 7) is 4.54. The Balaban J connectivity index is 0.947. The largest absolute Gasteiger partial charge is 0.449 e. The van der Waals surface area contributed by atoms with E-state index in [0.717, 1.165) is 55.7 Å². The molecule has 11 rings (SSSR count). The average Bonchev–Trinajstić information content (AvgIpc) is 3.51. The van der Waals surface area contributed by atoms with Crippen LogP contribution in [0.25, 0.3) is 78.3 Å². The lowest BCUT2D eigenvalue weighted by molar-refractivity contribution is 0.360. The highest BCUT2D eigenvalue weighted by Gasteiger charge is 2.39. The van der Waals surface area contributed by atoms with Gasteiger partial charge in [-0.05, 0) is 74.0 Å². The van der Waals surface area contributed by atoms with Crippen LogP contribution < -0.4 is 9.47 Å². The molecule has 2 aliphatic rings. The van der Waals surface area contributed by atoms with Crippen molar-refractivity contribution in [1.29, 1.82) is 0 Å². The van der Waals surface area contributed by atoms with Crippen LogP contribution >= 0.6 is 0 Å². The third-order valence-electron chi connectivity index (χ3n) is 11.4. The molecule has 0 fully saturated rings. The molecule has 57 heavy (non-hydrogen) atoms. The maximum atomic E-state index is 6.64. The topological polar surface area (TPSA) is 57.1 Å². The van der Waals surface area contributed by atoms with Crippen LogP contribution in [0.5, 0.6) is 23.0 Å². The molecule has 0 spiro atoms. The SMILES string of the molecule is CC1(C)c2ccccc2-c2c1ccc1c2Oc2ccc(-c3ccc(-c4nc(-c5ccccc5)nc(-c5ccc(-c6ccccc6)c6ccccc56)n4)cc3)cc2O1. The predicted octanol–water partition coefficient (Wildman–Crippen LogP) is 13.6. The molecule has 1 aliphatic carbocycles. The molecule has 0 unspecified atom stereocenters. The zero-order chi connectivity index (χ0) is 38.1. The summed E-state index contributed by atoms with van der Waals surface area (Å²) < 4.78 is 13.2. The molecule has 0 bridgehead atoms. The smallest absolute Gasteiger partial charge is 0.178 e. The fraction of sp³-hybridized carbons (Fsp3) is 0.0577. The minimum absolute atomic E-state index is 0.116. The molecule has 0 N–H and O–H groups in total. The Labute approximate surface area is 330 Å². The fourth-order valence-corrected chi connectivity index (χ4v) is 8.52. The van der Waals surface area contributed by atoms with Gasteiger partial charge < -0.3 is 9.47 Å². The zero-order valence-electron chi connectivity index (χ0n) is 31.4. The van der Waals surface area contributed by atoms with Crippen LogP contribution in [0.2, 0.25) is 0 Å². The number of rotatable bonds is 5. The Kier molecular flexibility index (Phi) is 7.45. The number of fused-ring (bicyclic) bond motifs is 7. The van der Waals surface area contributed by atoms with E-state index in [0.29, 0.717) is 29.0 Å². The Morgan fingerprint density at radius 3 is 1.68 bits per heavy atom. The lowest BCUT2D eigenvalue weighted by Gasteiger charge is -2.25. The summed E-state index contributed by atoms with van der Waals surface area (Å²) >= 11 is 0. The van der Waals surface area contributed by atoms with Crippen LogP contribution in [0.4, 0.5) is 0 Å². The molecular weight excluding hydrogens is 699 g/mol. The van der Waals surface area contributed by atoms with Gasteiger partial charge >= 0.3 is 0 Å². The number of hydrogen-bond donors (Lipinski definition) is 0. The summed E-state index contributed by atoms with van der Waals surface area (Å²) in [6.07, 6.45) is 0. The van der Waals surface area contributed by atoms with Crippen molar-refractivity contribution < 1.29 is 9.47 Å². The molecule has 0 saturated heterocycles. The van der Waals surface area contributed by atoms with Crippen LogP contribution in [0.15, 0.2) is 176 Å². The molecule has 0 saturated carbocycles. The normalized spacial score (nSPS) is 13.2. The van der Waals surface area contributed by atoms with Crippen LogP contribution in [-0.2, 0) is 5.41 Å². The van der Waals surface area contributed by atoms with Crippen molar-refractivity contribution in [2.45, 2.75) is 19.3 Å². The van der Waals surface area contributed by atoms with Crippen LogP contribution in [0, 0.1) is 0 Å². The summed E-state index contributed by atoms with van der Waals surface area (Å²) in [4.78, 5) is 15.2. The highest BCUT2D eigenvalue weighted by Crippen LogP contribution is 2.58. The van der Waals surface area contributed by atoms with E-state index in [4.69, 9.17) is 24.4 Å². The molecule has 0 amide bonds. The average molecular weight is 734 g/mol. The molecule has 5 heteroatoms. The minimum atomic E-state index is -0.116. The summed E-state index contributed by atoms with van der Waals surface area (Å²) in [5.74, 6) is 4.76. The van der Waals surface area contributed by atoms with Crippen molar-refractivity contribution in [3.8, 4) is 90.5 Å². The molecular formula is C52H35N3O2. The molecule has 1 aliphatic heterocycles.